The fourth-order valence-electron chi connectivity index (χ4n) is 2.49. The molecule has 0 aliphatic heterocycles. The SMILES string of the molecule is CCCCc1ccc(C(NC)c2ccc(Br)cc2Br)cc1. The van der Waals surface area contributed by atoms with Crippen LogP contribution in [0.15, 0.2) is 51.4 Å². The highest BCUT2D eigenvalue weighted by Gasteiger charge is 2.15. The Morgan fingerprint density at radius 1 is 1.05 bits per heavy atom. The van der Waals surface area contributed by atoms with E-state index in [2.05, 4.69) is 86.6 Å². The van der Waals surface area contributed by atoms with Gasteiger partial charge < -0.3 is 5.32 Å². The number of unbranched alkanes of at least 4 members (excludes halogenated alkanes) is 1. The van der Waals surface area contributed by atoms with Crippen molar-refractivity contribution in [1.82, 2.24) is 5.32 Å². The molecule has 0 aliphatic rings. The molecule has 1 unspecified atom stereocenters. The summed E-state index contributed by atoms with van der Waals surface area (Å²) in [5, 5.41) is 3.41. The van der Waals surface area contributed by atoms with E-state index >= 15 is 0 Å². The minimum absolute atomic E-state index is 0.202. The van der Waals surface area contributed by atoms with Gasteiger partial charge in [0.15, 0.2) is 0 Å². The first-order chi connectivity index (χ1) is 10.2. The largest absolute Gasteiger partial charge is 0.309 e. The summed E-state index contributed by atoms with van der Waals surface area (Å²) in [4.78, 5) is 0. The zero-order valence-electron chi connectivity index (χ0n) is 12.5. The number of nitrogens with one attached hydrogen (secondary N) is 1. The van der Waals surface area contributed by atoms with E-state index in [1.165, 1.54) is 36.0 Å². The first-order valence-corrected chi connectivity index (χ1v) is 8.95. The molecule has 0 aliphatic carbocycles. The predicted molar refractivity (Wildman–Crippen MR) is 97.8 cm³/mol. The summed E-state index contributed by atoms with van der Waals surface area (Å²) in [7, 11) is 2.00. The molecule has 1 nitrogen and oxygen atoms in total. The van der Waals surface area contributed by atoms with E-state index in [-0.39, 0.29) is 6.04 Å². The molecule has 21 heavy (non-hydrogen) atoms. The molecule has 0 fully saturated rings. The minimum Gasteiger partial charge on any atom is -0.309 e. The number of aryl methyl sites for hydroxylation is 1. The second-order valence-electron chi connectivity index (χ2n) is 5.23. The van der Waals surface area contributed by atoms with Crippen molar-refractivity contribution in [3.05, 3.63) is 68.1 Å². The minimum atomic E-state index is 0.202. The first kappa shape index (κ1) is 16.7. The molecule has 0 heterocycles. The Morgan fingerprint density at radius 2 is 1.76 bits per heavy atom. The van der Waals surface area contributed by atoms with Gasteiger partial charge in [-0.15, -0.1) is 0 Å². The molecule has 0 spiro atoms. The molecule has 2 aromatic carbocycles. The number of rotatable bonds is 6. The topological polar surface area (TPSA) is 12.0 Å². The summed E-state index contributed by atoms with van der Waals surface area (Å²) >= 11 is 7.17. The van der Waals surface area contributed by atoms with Crippen LogP contribution in [0.4, 0.5) is 0 Å². The second-order valence-corrected chi connectivity index (χ2v) is 7.00. The lowest BCUT2D eigenvalue weighted by molar-refractivity contribution is 0.688. The average Bonchev–Trinajstić information content (AvgIpc) is 2.49. The maximum absolute atomic E-state index is 3.66. The fourth-order valence-corrected chi connectivity index (χ4v) is 3.77. The van der Waals surface area contributed by atoms with Crippen LogP contribution in [0.5, 0.6) is 0 Å². The molecule has 1 N–H and O–H groups in total. The monoisotopic (exact) mass is 409 g/mol. The number of hydrogen-bond donors (Lipinski definition) is 1. The number of benzene rings is 2. The van der Waals surface area contributed by atoms with Gasteiger partial charge in [0.1, 0.15) is 0 Å². The molecule has 1 atom stereocenters. The Hall–Kier alpha value is -0.640. The zero-order valence-corrected chi connectivity index (χ0v) is 15.7. The number of halogens is 2. The van der Waals surface area contributed by atoms with Gasteiger partial charge in [-0.1, -0.05) is 75.5 Å². The molecule has 0 radical (unpaired) electrons. The maximum atomic E-state index is 3.66. The molecule has 0 saturated carbocycles. The Morgan fingerprint density at radius 3 is 2.33 bits per heavy atom. The zero-order chi connectivity index (χ0) is 15.2. The highest BCUT2D eigenvalue weighted by molar-refractivity contribution is 9.11. The second kappa shape index (κ2) is 8.11. The Kier molecular flexibility index (Phi) is 6.46. The van der Waals surface area contributed by atoms with Gasteiger partial charge in [-0.05, 0) is 48.7 Å². The van der Waals surface area contributed by atoms with Crippen LogP contribution in [0.2, 0.25) is 0 Å². The van der Waals surface area contributed by atoms with Gasteiger partial charge in [0.05, 0.1) is 6.04 Å². The Bertz CT molecular complexity index is 578. The van der Waals surface area contributed by atoms with Crippen LogP contribution >= 0.6 is 31.9 Å². The van der Waals surface area contributed by atoms with Crippen molar-refractivity contribution >= 4 is 31.9 Å². The molecule has 0 bridgehead atoms. The lowest BCUT2D eigenvalue weighted by Crippen LogP contribution is -2.18. The number of hydrogen-bond acceptors (Lipinski definition) is 1. The lowest BCUT2D eigenvalue weighted by Gasteiger charge is -2.19. The molecular weight excluding hydrogens is 390 g/mol. The van der Waals surface area contributed by atoms with Crippen molar-refractivity contribution in [1.29, 1.82) is 0 Å². The summed E-state index contributed by atoms with van der Waals surface area (Å²) in [6.45, 7) is 2.23. The molecule has 0 saturated heterocycles. The van der Waals surface area contributed by atoms with Crippen LogP contribution in [-0.2, 0) is 6.42 Å². The van der Waals surface area contributed by atoms with Crippen molar-refractivity contribution in [2.45, 2.75) is 32.2 Å². The average molecular weight is 411 g/mol. The third kappa shape index (κ3) is 4.41. The van der Waals surface area contributed by atoms with Gasteiger partial charge in [0.25, 0.3) is 0 Å². The highest BCUT2D eigenvalue weighted by atomic mass is 79.9. The Labute approximate surface area is 144 Å². The van der Waals surface area contributed by atoms with Crippen molar-refractivity contribution in [3.63, 3.8) is 0 Å². The third-order valence-corrected chi connectivity index (χ3v) is 4.87. The molecule has 2 aromatic rings. The van der Waals surface area contributed by atoms with Gasteiger partial charge >= 0.3 is 0 Å². The van der Waals surface area contributed by atoms with E-state index in [0.29, 0.717) is 0 Å². The standard InChI is InChI=1S/C18H21Br2N/c1-3-4-5-13-6-8-14(9-7-13)18(21-2)16-11-10-15(19)12-17(16)20/h6-12,18,21H,3-5H2,1-2H3. The molecule has 0 amide bonds. The van der Waals surface area contributed by atoms with Crippen LogP contribution in [0, 0.1) is 0 Å². The fraction of sp³-hybridized carbons (Fsp3) is 0.333. The summed E-state index contributed by atoms with van der Waals surface area (Å²) in [6.07, 6.45) is 3.67. The smallest absolute Gasteiger partial charge is 0.0585 e. The van der Waals surface area contributed by atoms with Gasteiger partial charge in [0.2, 0.25) is 0 Å². The quantitative estimate of drug-likeness (QED) is 0.628. The van der Waals surface area contributed by atoms with Gasteiger partial charge in [-0.25, -0.2) is 0 Å². The van der Waals surface area contributed by atoms with E-state index in [0.717, 1.165) is 8.95 Å². The van der Waals surface area contributed by atoms with Gasteiger partial charge in [0, 0.05) is 8.95 Å². The van der Waals surface area contributed by atoms with Crippen molar-refractivity contribution < 1.29 is 0 Å². The van der Waals surface area contributed by atoms with Crippen LogP contribution in [-0.4, -0.2) is 7.05 Å². The van der Waals surface area contributed by atoms with Crippen molar-refractivity contribution in [2.75, 3.05) is 7.05 Å². The molecule has 112 valence electrons. The van der Waals surface area contributed by atoms with Gasteiger partial charge in [-0.3, -0.25) is 0 Å². The summed E-state index contributed by atoms with van der Waals surface area (Å²) in [5.41, 5.74) is 3.97. The predicted octanol–water partition coefficient (Wildman–Crippen LogP) is 5.86. The van der Waals surface area contributed by atoms with E-state index in [9.17, 15) is 0 Å². The molecule has 2 rings (SSSR count). The molecule has 0 aromatic heterocycles. The lowest BCUT2D eigenvalue weighted by atomic mass is 9.97. The third-order valence-electron chi connectivity index (χ3n) is 3.69. The molecular formula is C18H21Br2N. The maximum Gasteiger partial charge on any atom is 0.0585 e. The van der Waals surface area contributed by atoms with E-state index < -0.39 is 0 Å². The Balaban J connectivity index is 2.24. The van der Waals surface area contributed by atoms with Crippen LogP contribution in [0.1, 0.15) is 42.5 Å². The highest BCUT2D eigenvalue weighted by Crippen LogP contribution is 2.30. The van der Waals surface area contributed by atoms with Gasteiger partial charge in [-0.2, -0.15) is 0 Å². The summed E-state index contributed by atoms with van der Waals surface area (Å²) < 4.78 is 2.20. The van der Waals surface area contributed by atoms with Crippen LogP contribution in [0.25, 0.3) is 0 Å². The first-order valence-electron chi connectivity index (χ1n) is 7.36. The van der Waals surface area contributed by atoms with E-state index in [1.807, 2.05) is 7.05 Å². The van der Waals surface area contributed by atoms with Crippen LogP contribution < -0.4 is 5.32 Å². The molecule has 3 heteroatoms. The summed E-state index contributed by atoms with van der Waals surface area (Å²) in [5.74, 6) is 0. The van der Waals surface area contributed by atoms with Crippen molar-refractivity contribution in [3.8, 4) is 0 Å². The summed E-state index contributed by atoms with van der Waals surface area (Å²) in [6, 6.07) is 15.5. The van der Waals surface area contributed by atoms with Crippen LogP contribution in [0.3, 0.4) is 0 Å². The normalized spacial score (nSPS) is 12.4. The van der Waals surface area contributed by atoms with Crippen molar-refractivity contribution in [2.24, 2.45) is 0 Å². The van der Waals surface area contributed by atoms with E-state index in [4.69, 9.17) is 0 Å². The van der Waals surface area contributed by atoms with E-state index in [1.54, 1.807) is 0 Å².